The molecule has 24 heavy (non-hydrogen) atoms. The number of carbonyl (C=O) groups is 1. The number of nitrogens with one attached hydrogen (secondary N) is 2. The van der Waals surface area contributed by atoms with E-state index in [2.05, 4.69) is 15.6 Å². The van der Waals surface area contributed by atoms with Gasteiger partial charge in [-0.3, -0.25) is 5.32 Å². The number of hydrogen-bond donors (Lipinski definition) is 2. The molecule has 0 atom stereocenters. The van der Waals surface area contributed by atoms with Crippen LogP contribution in [-0.2, 0) is 11.3 Å². The van der Waals surface area contributed by atoms with Gasteiger partial charge in [0.2, 0.25) is 5.96 Å². The highest BCUT2D eigenvalue weighted by molar-refractivity contribution is 6.03. The molecule has 0 heterocycles. The molecule has 6 heteroatoms. The molecule has 0 radical (unpaired) electrons. The molecule has 126 valence electrons. The van der Waals surface area contributed by atoms with Crippen molar-refractivity contribution in [2.75, 3.05) is 19.0 Å². The topological polar surface area (TPSA) is 72.0 Å². The number of guanidine groups is 1. The lowest BCUT2D eigenvalue weighted by molar-refractivity contribution is 0.158. The minimum atomic E-state index is -0.563. The average molecular weight is 327 g/mol. The molecular weight excluding hydrogens is 306 g/mol. The van der Waals surface area contributed by atoms with Crippen LogP contribution < -0.4 is 15.4 Å². The van der Waals surface area contributed by atoms with Crippen molar-refractivity contribution < 1.29 is 14.3 Å². The minimum absolute atomic E-state index is 0.284. The van der Waals surface area contributed by atoms with Gasteiger partial charge in [-0.1, -0.05) is 42.5 Å². The number of hydrogen-bond acceptors (Lipinski definition) is 4. The monoisotopic (exact) mass is 327 g/mol. The maximum atomic E-state index is 11.7. The third-order valence-electron chi connectivity index (χ3n) is 3.12. The minimum Gasteiger partial charge on any atom is -0.495 e. The number of amides is 1. The van der Waals surface area contributed by atoms with Gasteiger partial charge in [0.1, 0.15) is 5.75 Å². The van der Waals surface area contributed by atoms with Gasteiger partial charge in [-0.05, 0) is 24.6 Å². The summed E-state index contributed by atoms with van der Waals surface area (Å²) in [7, 11) is 1.58. The smallest absolute Gasteiger partial charge is 0.413 e. The lowest BCUT2D eigenvalue weighted by atomic mass is 10.2. The van der Waals surface area contributed by atoms with Crippen molar-refractivity contribution in [2.45, 2.75) is 13.5 Å². The van der Waals surface area contributed by atoms with Crippen molar-refractivity contribution in [1.29, 1.82) is 0 Å². The molecule has 0 spiro atoms. The van der Waals surface area contributed by atoms with Crippen molar-refractivity contribution in [3.8, 4) is 5.75 Å². The molecule has 0 saturated heterocycles. The fourth-order valence-electron chi connectivity index (χ4n) is 2.00. The molecular formula is C18H21N3O3. The molecule has 2 N–H and O–H groups in total. The van der Waals surface area contributed by atoms with Crippen molar-refractivity contribution >= 4 is 17.7 Å². The van der Waals surface area contributed by atoms with E-state index < -0.39 is 6.09 Å². The van der Waals surface area contributed by atoms with Crippen LogP contribution >= 0.6 is 0 Å². The van der Waals surface area contributed by atoms with E-state index in [0.29, 0.717) is 23.9 Å². The van der Waals surface area contributed by atoms with Crippen molar-refractivity contribution in [1.82, 2.24) is 5.32 Å². The van der Waals surface area contributed by atoms with Crippen molar-refractivity contribution in [3.05, 3.63) is 60.2 Å². The van der Waals surface area contributed by atoms with Gasteiger partial charge in [0.25, 0.3) is 0 Å². The Kier molecular flexibility index (Phi) is 6.64. The largest absolute Gasteiger partial charge is 0.495 e. The standard InChI is InChI=1S/C18H21N3O3/c1-3-24-18(22)21-17(19-13-14-9-5-4-6-10-14)20-15-11-7-8-12-16(15)23-2/h4-12H,3,13H2,1-2H3,(H2,19,20,21,22). The van der Waals surface area contributed by atoms with Gasteiger partial charge in [0.05, 0.1) is 25.9 Å². The first-order valence-corrected chi connectivity index (χ1v) is 7.65. The predicted octanol–water partition coefficient (Wildman–Crippen LogP) is 3.41. The highest BCUT2D eigenvalue weighted by atomic mass is 16.5. The van der Waals surface area contributed by atoms with Crippen LogP contribution in [0.25, 0.3) is 0 Å². The molecule has 2 rings (SSSR count). The Morgan fingerprint density at radius 3 is 2.50 bits per heavy atom. The average Bonchev–Trinajstić information content (AvgIpc) is 2.61. The number of aliphatic imine (C=N–C) groups is 1. The maximum Gasteiger partial charge on any atom is 0.413 e. The van der Waals surface area contributed by atoms with Gasteiger partial charge < -0.3 is 14.8 Å². The summed E-state index contributed by atoms with van der Waals surface area (Å²) in [5.74, 6) is 0.942. The lowest BCUT2D eigenvalue weighted by Crippen LogP contribution is -2.36. The summed E-state index contributed by atoms with van der Waals surface area (Å²) in [6, 6.07) is 17.1. The second-order valence-electron chi connectivity index (χ2n) is 4.82. The Bertz CT molecular complexity index is 687. The first kappa shape index (κ1) is 17.3. The van der Waals surface area contributed by atoms with Crippen molar-refractivity contribution in [3.63, 3.8) is 0 Å². The normalized spacial score (nSPS) is 10.8. The summed E-state index contributed by atoms with van der Waals surface area (Å²) in [4.78, 5) is 16.1. The number of benzene rings is 2. The Balaban J connectivity index is 2.17. The van der Waals surface area contributed by atoms with Crippen LogP contribution in [0.4, 0.5) is 10.5 Å². The SMILES string of the molecule is CCOC(=O)NC(=NCc1ccccc1)Nc1ccccc1OC. The van der Waals surface area contributed by atoms with E-state index in [1.165, 1.54) is 0 Å². The Morgan fingerprint density at radius 1 is 1.08 bits per heavy atom. The van der Waals surface area contributed by atoms with Crippen molar-refractivity contribution in [2.24, 2.45) is 4.99 Å². The number of methoxy groups -OCH3 is 1. The Labute approximate surface area is 141 Å². The van der Waals surface area contributed by atoms with E-state index in [0.717, 1.165) is 5.56 Å². The van der Waals surface area contributed by atoms with Gasteiger partial charge >= 0.3 is 6.09 Å². The number of para-hydroxylation sites is 2. The number of ether oxygens (including phenoxy) is 2. The number of carbonyl (C=O) groups excluding carboxylic acids is 1. The lowest BCUT2D eigenvalue weighted by Gasteiger charge is -2.14. The number of anilines is 1. The van der Waals surface area contributed by atoms with Crippen LogP contribution in [0.1, 0.15) is 12.5 Å². The molecule has 0 aliphatic carbocycles. The molecule has 1 amide bonds. The van der Waals surface area contributed by atoms with Crippen LogP contribution in [0, 0.1) is 0 Å². The number of nitrogens with zero attached hydrogens (tertiary/aromatic N) is 1. The molecule has 0 bridgehead atoms. The van der Waals surface area contributed by atoms with Crippen LogP contribution in [0.5, 0.6) is 5.75 Å². The van der Waals surface area contributed by atoms with Crippen LogP contribution in [-0.4, -0.2) is 25.8 Å². The van der Waals surface area contributed by atoms with E-state index in [-0.39, 0.29) is 6.61 Å². The zero-order chi connectivity index (χ0) is 17.2. The number of rotatable bonds is 5. The Hall–Kier alpha value is -3.02. The van der Waals surface area contributed by atoms with Gasteiger partial charge in [-0.25, -0.2) is 9.79 Å². The van der Waals surface area contributed by atoms with E-state index in [4.69, 9.17) is 9.47 Å². The zero-order valence-electron chi connectivity index (χ0n) is 13.8. The fourth-order valence-corrected chi connectivity index (χ4v) is 2.00. The predicted molar refractivity (Wildman–Crippen MR) is 94.4 cm³/mol. The van der Waals surface area contributed by atoms with Gasteiger partial charge in [-0.15, -0.1) is 0 Å². The van der Waals surface area contributed by atoms with E-state index in [9.17, 15) is 4.79 Å². The second kappa shape index (κ2) is 9.19. The summed E-state index contributed by atoms with van der Waals surface area (Å²) in [5.41, 5.74) is 1.73. The van der Waals surface area contributed by atoms with E-state index in [1.54, 1.807) is 14.0 Å². The highest BCUT2D eigenvalue weighted by Crippen LogP contribution is 2.22. The highest BCUT2D eigenvalue weighted by Gasteiger charge is 2.09. The molecule has 0 saturated carbocycles. The van der Waals surface area contributed by atoms with Gasteiger partial charge in [0.15, 0.2) is 0 Å². The third-order valence-corrected chi connectivity index (χ3v) is 3.12. The first-order chi connectivity index (χ1) is 11.7. The number of alkyl carbamates (subject to hydrolysis) is 1. The summed E-state index contributed by atoms with van der Waals surface area (Å²) >= 11 is 0. The Morgan fingerprint density at radius 2 is 1.79 bits per heavy atom. The van der Waals surface area contributed by atoms with Crippen LogP contribution in [0.15, 0.2) is 59.6 Å². The quantitative estimate of drug-likeness (QED) is 0.652. The third kappa shape index (κ3) is 5.31. The molecule has 2 aromatic carbocycles. The fraction of sp³-hybridized carbons (Fsp3) is 0.222. The van der Waals surface area contributed by atoms with Gasteiger partial charge in [0, 0.05) is 0 Å². The molecule has 0 unspecified atom stereocenters. The summed E-state index contributed by atoms with van der Waals surface area (Å²) in [6.45, 7) is 2.45. The molecule has 6 nitrogen and oxygen atoms in total. The second-order valence-corrected chi connectivity index (χ2v) is 4.82. The van der Waals surface area contributed by atoms with Crippen LogP contribution in [0.2, 0.25) is 0 Å². The summed E-state index contributed by atoms with van der Waals surface area (Å²) < 4.78 is 10.2. The molecule has 0 fully saturated rings. The molecule has 0 aliphatic heterocycles. The zero-order valence-corrected chi connectivity index (χ0v) is 13.8. The van der Waals surface area contributed by atoms with E-state index in [1.807, 2.05) is 54.6 Å². The molecule has 0 aromatic heterocycles. The molecule has 0 aliphatic rings. The van der Waals surface area contributed by atoms with E-state index >= 15 is 0 Å². The van der Waals surface area contributed by atoms with Crippen LogP contribution in [0.3, 0.4) is 0 Å². The summed E-state index contributed by atoms with van der Waals surface area (Å²) in [5, 5.41) is 5.68. The summed E-state index contributed by atoms with van der Waals surface area (Å²) in [6.07, 6.45) is -0.563. The van der Waals surface area contributed by atoms with Gasteiger partial charge in [-0.2, -0.15) is 0 Å². The molecule has 2 aromatic rings. The maximum absolute atomic E-state index is 11.7. The first-order valence-electron chi connectivity index (χ1n) is 7.65.